The van der Waals surface area contributed by atoms with E-state index in [0.717, 1.165) is 35.5 Å². The number of benzene rings is 1. The summed E-state index contributed by atoms with van der Waals surface area (Å²) in [5.74, 6) is 0.220. The standard InChI is InChI=1S/C28H32F3N5O3S2/c1-17(2)24-23-21(16-36(24)27-32-13-11-22(34-27)28(29,30)31)40-26(35-23)25(37)33-15-19-7-9-20(10-8-19)41(38,39)14-12-18-5-3-4-6-18/h7-11,13,17-18,24H,3-6,12,14-16H2,1-2H3,(H,33,37)/t24-/m0/s1. The van der Waals surface area contributed by atoms with E-state index in [1.165, 1.54) is 24.2 Å². The topological polar surface area (TPSA) is 105 Å². The van der Waals surface area contributed by atoms with Crippen LogP contribution in [0.15, 0.2) is 41.4 Å². The van der Waals surface area contributed by atoms with Crippen LogP contribution in [0.25, 0.3) is 0 Å². The van der Waals surface area contributed by atoms with Gasteiger partial charge in [0.1, 0.15) is 5.69 Å². The largest absolute Gasteiger partial charge is 0.433 e. The molecule has 1 fully saturated rings. The van der Waals surface area contributed by atoms with Gasteiger partial charge in [-0.25, -0.2) is 23.4 Å². The highest BCUT2D eigenvalue weighted by atomic mass is 32.2. The molecule has 1 atom stereocenters. The van der Waals surface area contributed by atoms with Crippen molar-refractivity contribution in [3.63, 3.8) is 0 Å². The number of aromatic nitrogens is 3. The average Bonchev–Trinajstić information content (AvgIpc) is 3.67. The Balaban J connectivity index is 1.22. The number of hydrogen-bond acceptors (Lipinski definition) is 8. The van der Waals surface area contributed by atoms with Crippen molar-refractivity contribution < 1.29 is 26.4 Å². The Morgan fingerprint density at radius 2 is 1.83 bits per heavy atom. The van der Waals surface area contributed by atoms with Gasteiger partial charge in [0.05, 0.1) is 33.8 Å². The molecule has 1 amide bonds. The molecular weight excluding hydrogens is 575 g/mol. The molecule has 41 heavy (non-hydrogen) atoms. The van der Waals surface area contributed by atoms with Crippen molar-refractivity contribution >= 4 is 33.0 Å². The fourth-order valence-corrected chi connectivity index (χ4v) is 7.98. The second-order valence-corrected chi connectivity index (χ2v) is 14.2. The molecule has 2 aromatic heterocycles. The van der Waals surface area contributed by atoms with E-state index in [1.54, 1.807) is 29.2 Å². The Labute approximate surface area is 241 Å². The minimum absolute atomic E-state index is 0.0274. The maximum Gasteiger partial charge on any atom is 0.433 e. The number of hydrogen-bond donors (Lipinski definition) is 1. The van der Waals surface area contributed by atoms with Crippen LogP contribution >= 0.6 is 11.3 Å². The molecule has 0 saturated heterocycles. The molecule has 3 aromatic rings. The minimum atomic E-state index is -4.58. The number of halogens is 3. The van der Waals surface area contributed by atoms with Gasteiger partial charge in [-0.3, -0.25) is 4.79 Å². The molecule has 1 aromatic carbocycles. The Bertz CT molecular complexity index is 1500. The van der Waals surface area contributed by atoms with Crippen LogP contribution in [-0.4, -0.2) is 35.0 Å². The lowest BCUT2D eigenvalue weighted by Gasteiger charge is -2.28. The third-order valence-corrected chi connectivity index (χ3v) is 10.5. The summed E-state index contributed by atoms with van der Waals surface area (Å²) in [6, 6.07) is 7.03. The Morgan fingerprint density at radius 1 is 1.12 bits per heavy atom. The van der Waals surface area contributed by atoms with Gasteiger partial charge in [0.2, 0.25) is 5.95 Å². The van der Waals surface area contributed by atoms with Crippen LogP contribution in [-0.2, 0) is 29.1 Å². The number of amides is 1. The molecule has 13 heteroatoms. The van der Waals surface area contributed by atoms with Gasteiger partial charge in [0, 0.05) is 12.7 Å². The number of alkyl halides is 3. The smallest absolute Gasteiger partial charge is 0.346 e. The van der Waals surface area contributed by atoms with E-state index in [0.29, 0.717) is 18.0 Å². The summed E-state index contributed by atoms with van der Waals surface area (Å²) < 4.78 is 65.1. The zero-order valence-electron chi connectivity index (χ0n) is 22.8. The first-order chi connectivity index (χ1) is 19.4. The summed E-state index contributed by atoms with van der Waals surface area (Å²) in [7, 11) is -3.35. The van der Waals surface area contributed by atoms with Crippen LogP contribution in [0.2, 0.25) is 0 Å². The molecule has 0 radical (unpaired) electrons. The maximum atomic E-state index is 13.2. The van der Waals surface area contributed by atoms with Crippen molar-refractivity contribution in [1.82, 2.24) is 20.3 Å². The summed E-state index contributed by atoms with van der Waals surface area (Å²) in [4.78, 5) is 28.1. The van der Waals surface area contributed by atoms with Crippen LogP contribution in [0.5, 0.6) is 0 Å². The van der Waals surface area contributed by atoms with Crippen molar-refractivity contribution in [2.24, 2.45) is 11.8 Å². The summed E-state index contributed by atoms with van der Waals surface area (Å²) in [5.41, 5.74) is 0.386. The quantitative estimate of drug-likeness (QED) is 0.320. The van der Waals surface area contributed by atoms with Crippen molar-refractivity contribution in [1.29, 1.82) is 0 Å². The van der Waals surface area contributed by atoms with Crippen molar-refractivity contribution in [3.8, 4) is 0 Å². The molecule has 0 spiro atoms. The molecule has 0 bridgehead atoms. The van der Waals surface area contributed by atoms with E-state index >= 15 is 0 Å². The number of fused-ring (bicyclic) bond motifs is 1. The van der Waals surface area contributed by atoms with Gasteiger partial charge in [-0.1, -0.05) is 51.7 Å². The highest BCUT2D eigenvalue weighted by Crippen LogP contribution is 2.43. The molecule has 1 saturated carbocycles. The molecule has 8 nitrogen and oxygen atoms in total. The number of nitrogens with one attached hydrogen (secondary N) is 1. The number of rotatable bonds is 9. The first kappa shape index (κ1) is 29.4. The first-order valence-corrected chi connectivity index (χ1v) is 16.2. The summed E-state index contributed by atoms with van der Waals surface area (Å²) in [6.07, 6.45) is 1.79. The molecule has 2 aliphatic rings. The Kier molecular flexibility index (Phi) is 8.38. The summed E-state index contributed by atoms with van der Waals surface area (Å²) >= 11 is 1.19. The second-order valence-electron chi connectivity index (χ2n) is 11.0. The van der Waals surface area contributed by atoms with Crippen molar-refractivity contribution in [3.05, 3.63) is 63.4 Å². The van der Waals surface area contributed by atoms with E-state index in [9.17, 15) is 26.4 Å². The first-order valence-electron chi connectivity index (χ1n) is 13.7. The molecular formula is C28H32F3N5O3S2. The van der Waals surface area contributed by atoms with Crippen molar-refractivity contribution in [2.75, 3.05) is 10.7 Å². The van der Waals surface area contributed by atoms with Gasteiger partial charge < -0.3 is 10.2 Å². The second kappa shape index (κ2) is 11.7. The van der Waals surface area contributed by atoms with Crippen LogP contribution in [0.4, 0.5) is 19.1 Å². The third kappa shape index (κ3) is 6.56. The van der Waals surface area contributed by atoms with Gasteiger partial charge in [-0.15, -0.1) is 11.3 Å². The molecule has 220 valence electrons. The lowest BCUT2D eigenvalue weighted by Crippen LogP contribution is -2.29. The summed E-state index contributed by atoms with van der Waals surface area (Å²) in [5, 5.41) is 3.09. The number of nitrogens with zero attached hydrogens (tertiary/aromatic N) is 4. The fraction of sp³-hybridized carbons (Fsp3) is 0.500. The van der Waals surface area contributed by atoms with E-state index in [4.69, 9.17) is 0 Å². The molecule has 0 unspecified atom stereocenters. The molecule has 1 aliphatic heterocycles. The number of carbonyl (C=O) groups excluding carboxylic acids is 1. The number of thiazole rings is 1. The van der Waals surface area contributed by atoms with Gasteiger partial charge in [0.25, 0.3) is 5.91 Å². The number of anilines is 1. The van der Waals surface area contributed by atoms with Crippen LogP contribution in [0, 0.1) is 11.8 Å². The lowest BCUT2D eigenvalue weighted by atomic mass is 10.0. The highest BCUT2D eigenvalue weighted by Gasteiger charge is 2.40. The van der Waals surface area contributed by atoms with Crippen molar-refractivity contribution in [2.45, 2.75) is 76.2 Å². The molecule has 1 aliphatic carbocycles. The van der Waals surface area contributed by atoms with Crippen LogP contribution < -0.4 is 10.2 Å². The SMILES string of the molecule is CC(C)[C@H]1c2nc(C(=O)NCc3ccc(S(=O)(=O)CCC4CCCC4)cc3)sc2CN1c1nccc(C(F)(F)F)n1. The van der Waals surface area contributed by atoms with Gasteiger partial charge in [0.15, 0.2) is 14.8 Å². The minimum Gasteiger partial charge on any atom is -0.346 e. The number of carbonyl (C=O) groups is 1. The van der Waals surface area contributed by atoms with E-state index in [-0.39, 0.29) is 52.6 Å². The highest BCUT2D eigenvalue weighted by molar-refractivity contribution is 7.91. The van der Waals surface area contributed by atoms with E-state index < -0.39 is 21.7 Å². The zero-order chi connectivity index (χ0) is 29.4. The van der Waals surface area contributed by atoms with Gasteiger partial charge in [-0.2, -0.15) is 13.2 Å². The predicted octanol–water partition coefficient (Wildman–Crippen LogP) is 5.95. The zero-order valence-corrected chi connectivity index (χ0v) is 24.4. The monoisotopic (exact) mass is 607 g/mol. The Morgan fingerprint density at radius 3 is 2.49 bits per heavy atom. The summed E-state index contributed by atoms with van der Waals surface area (Å²) in [6.45, 7) is 4.31. The fourth-order valence-electron chi connectivity index (χ4n) is 5.53. The predicted molar refractivity (Wildman–Crippen MR) is 149 cm³/mol. The molecule has 1 N–H and O–H groups in total. The Hall–Kier alpha value is -3.06. The van der Waals surface area contributed by atoms with Gasteiger partial charge >= 0.3 is 6.18 Å². The number of sulfone groups is 1. The van der Waals surface area contributed by atoms with E-state index in [2.05, 4.69) is 20.3 Å². The normalized spacial score (nSPS) is 17.8. The lowest BCUT2D eigenvalue weighted by molar-refractivity contribution is -0.141. The van der Waals surface area contributed by atoms with Crippen LogP contribution in [0.1, 0.15) is 83.6 Å². The maximum absolute atomic E-state index is 13.2. The van der Waals surface area contributed by atoms with E-state index in [1.807, 2.05) is 13.8 Å². The van der Waals surface area contributed by atoms with Crippen LogP contribution in [0.3, 0.4) is 0 Å². The third-order valence-electron chi connectivity index (χ3n) is 7.68. The average molecular weight is 608 g/mol. The van der Waals surface area contributed by atoms with Gasteiger partial charge in [-0.05, 0) is 42.0 Å². The molecule has 3 heterocycles. The molecule has 5 rings (SSSR count).